The lowest BCUT2D eigenvalue weighted by Crippen LogP contribution is -2.60. The maximum atomic E-state index is 12.8. The van der Waals surface area contributed by atoms with Crippen LogP contribution in [0.15, 0.2) is 0 Å². The van der Waals surface area contributed by atoms with Crippen molar-refractivity contribution in [3.63, 3.8) is 0 Å². The van der Waals surface area contributed by atoms with E-state index in [0.29, 0.717) is 16.7 Å². The van der Waals surface area contributed by atoms with Gasteiger partial charge in [0.05, 0.1) is 5.41 Å². The summed E-state index contributed by atoms with van der Waals surface area (Å²) in [5.74, 6) is 1.14. The molecule has 0 aromatic carbocycles. The molecule has 4 aliphatic rings. The van der Waals surface area contributed by atoms with Gasteiger partial charge in [-0.15, -0.1) is 0 Å². The Labute approximate surface area is 123 Å². The first-order valence-electron chi connectivity index (χ1n) is 8.18. The topological polar surface area (TPSA) is 32.3 Å². The van der Waals surface area contributed by atoms with E-state index in [1.807, 2.05) is 0 Å². The van der Waals surface area contributed by atoms with Gasteiger partial charge < -0.3 is 10.2 Å². The number of hydrogen-bond donors (Lipinski definition) is 1. The van der Waals surface area contributed by atoms with Crippen LogP contribution in [0.3, 0.4) is 0 Å². The lowest BCUT2D eigenvalue weighted by Gasteiger charge is -2.64. The number of carbonyl (C=O) groups excluding carboxylic acids is 1. The highest BCUT2D eigenvalue weighted by molar-refractivity contribution is 5.83. The van der Waals surface area contributed by atoms with Gasteiger partial charge in [0.25, 0.3) is 0 Å². The van der Waals surface area contributed by atoms with Crippen LogP contribution in [0.4, 0.5) is 0 Å². The molecule has 4 rings (SSSR count). The van der Waals surface area contributed by atoms with E-state index in [4.69, 9.17) is 0 Å². The Morgan fingerprint density at radius 3 is 2.20 bits per heavy atom. The first kappa shape index (κ1) is 14.4. The van der Waals surface area contributed by atoms with E-state index in [9.17, 15) is 4.79 Å². The van der Waals surface area contributed by atoms with Crippen molar-refractivity contribution < 1.29 is 4.79 Å². The summed E-state index contributed by atoms with van der Waals surface area (Å²) in [5.41, 5.74) is 0.801. The molecule has 1 amide bonds. The van der Waals surface area contributed by atoms with Crippen molar-refractivity contribution in [1.29, 1.82) is 0 Å². The van der Waals surface area contributed by atoms with Gasteiger partial charge in [0.2, 0.25) is 5.91 Å². The maximum absolute atomic E-state index is 12.8. The molecule has 0 aliphatic heterocycles. The standard InChI is InChI=1S/C17H30N2O/c1-15-7-13-8-16(2,10-15)12-17(9-13,11-15)14(20)18-5-6-19(3)4/h13H,5-12H2,1-4H3,(H,18,20)/t13?,15-,16-,17?/m0/s1. The van der Waals surface area contributed by atoms with Gasteiger partial charge >= 0.3 is 0 Å². The van der Waals surface area contributed by atoms with E-state index in [1.165, 1.54) is 19.3 Å². The summed E-state index contributed by atoms with van der Waals surface area (Å²) >= 11 is 0. The molecule has 3 heteroatoms. The summed E-state index contributed by atoms with van der Waals surface area (Å²) in [6, 6.07) is 0. The third-order valence-corrected chi connectivity index (χ3v) is 5.95. The van der Waals surface area contributed by atoms with Crippen molar-refractivity contribution in [2.75, 3.05) is 27.2 Å². The third-order valence-electron chi connectivity index (χ3n) is 5.95. The van der Waals surface area contributed by atoms with Crippen LogP contribution in [0.5, 0.6) is 0 Å². The Kier molecular flexibility index (Phi) is 3.20. The summed E-state index contributed by atoms with van der Waals surface area (Å²) in [6.07, 6.45) is 7.44. The average Bonchev–Trinajstić information content (AvgIpc) is 2.22. The van der Waals surface area contributed by atoms with Gasteiger partial charge in [-0.05, 0) is 69.4 Å². The van der Waals surface area contributed by atoms with E-state index < -0.39 is 0 Å². The molecule has 0 unspecified atom stereocenters. The summed E-state index contributed by atoms with van der Waals surface area (Å²) in [6.45, 7) is 6.57. The molecule has 0 radical (unpaired) electrons. The summed E-state index contributed by atoms with van der Waals surface area (Å²) in [7, 11) is 4.11. The number of nitrogens with zero attached hydrogens (tertiary/aromatic N) is 1. The first-order chi connectivity index (χ1) is 9.24. The monoisotopic (exact) mass is 278 g/mol. The van der Waals surface area contributed by atoms with Crippen molar-refractivity contribution >= 4 is 5.91 Å². The molecule has 2 atom stereocenters. The van der Waals surface area contributed by atoms with E-state index in [0.717, 1.165) is 38.3 Å². The van der Waals surface area contributed by atoms with Gasteiger partial charge in [0.1, 0.15) is 0 Å². The minimum absolute atomic E-state index is 0.0464. The SMILES string of the molecule is CN(C)CCNC(=O)C12CC3C[C@](C)(C1)C[C@](C)(C3)C2. The molecule has 0 spiro atoms. The van der Waals surface area contributed by atoms with Crippen LogP contribution in [0, 0.1) is 22.2 Å². The van der Waals surface area contributed by atoms with Gasteiger partial charge in [-0.1, -0.05) is 13.8 Å². The van der Waals surface area contributed by atoms with Crippen LogP contribution in [0.1, 0.15) is 52.4 Å². The molecule has 1 N–H and O–H groups in total. The Balaban J connectivity index is 1.73. The minimum Gasteiger partial charge on any atom is -0.354 e. The summed E-state index contributed by atoms with van der Waals surface area (Å²) < 4.78 is 0. The second-order valence-corrected chi connectivity index (χ2v) is 8.97. The molecule has 3 nitrogen and oxygen atoms in total. The molecule has 0 heterocycles. The fourth-order valence-corrected chi connectivity index (χ4v) is 6.28. The molecule has 20 heavy (non-hydrogen) atoms. The molecule has 0 aromatic heterocycles. The highest BCUT2D eigenvalue weighted by atomic mass is 16.2. The Hall–Kier alpha value is -0.570. The predicted molar refractivity (Wildman–Crippen MR) is 81.4 cm³/mol. The highest BCUT2D eigenvalue weighted by Crippen LogP contribution is 2.69. The van der Waals surface area contributed by atoms with E-state index in [2.05, 4.69) is 38.2 Å². The van der Waals surface area contributed by atoms with Gasteiger partial charge in [0.15, 0.2) is 0 Å². The van der Waals surface area contributed by atoms with Crippen LogP contribution < -0.4 is 5.32 Å². The largest absolute Gasteiger partial charge is 0.354 e. The fraction of sp³-hybridized carbons (Fsp3) is 0.941. The molecular formula is C17H30N2O. The Bertz CT molecular complexity index is 399. The molecule has 114 valence electrons. The molecule has 4 aliphatic carbocycles. The Morgan fingerprint density at radius 1 is 1.10 bits per heavy atom. The first-order valence-corrected chi connectivity index (χ1v) is 8.18. The molecular weight excluding hydrogens is 248 g/mol. The lowest BCUT2D eigenvalue weighted by molar-refractivity contribution is -0.170. The van der Waals surface area contributed by atoms with Crippen LogP contribution in [0.2, 0.25) is 0 Å². The van der Waals surface area contributed by atoms with E-state index in [-0.39, 0.29) is 5.41 Å². The molecule has 0 saturated heterocycles. The van der Waals surface area contributed by atoms with Crippen molar-refractivity contribution in [3.8, 4) is 0 Å². The maximum Gasteiger partial charge on any atom is 0.226 e. The quantitative estimate of drug-likeness (QED) is 0.857. The zero-order valence-corrected chi connectivity index (χ0v) is 13.6. The van der Waals surface area contributed by atoms with E-state index >= 15 is 0 Å². The predicted octanol–water partition coefficient (Wildman–Crippen LogP) is 2.66. The smallest absolute Gasteiger partial charge is 0.226 e. The number of carbonyl (C=O) groups is 1. The van der Waals surface area contributed by atoms with Gasteiger partial charge in [-0.3, -0.25) is 4.79 Å². The van der Waals surface area contributed by atoms with Crippen LogP contribution in [-0.2, 0) is 4.79 Å². The van der Waals surface area contributed by atoms with Gasteiger partial charge in [0, 0.05) is 13.1 Å². The van der Waals surface area contributed by atoms with Crippen LogP contribution >= 0.6 is 0 Å². The number of amides is 1. The second kappa shape index (κ2) is 4.46. The Morgan fingerprint density at radius 2 is 1.70 bits per heavy atom. The summed E-state index contributed by atoms with van der Waals surface area (Å²) in [5, 5.41) is 3.22. The third kappa shape index (κ3) is 2.38. The summed E-state index contributed by atoms with van der Waals surface area (Å²) in [4.78, 5) is 15.0. The van der Waals surface area contributed by atoms with Crippen molar-refractivity contribution in [3.05, 3.63) is 0 Å². The van der Waals surface area contributed by atoms with Crippen molar-refractivity contribution in [1.82, 2.24) is 10.2 Å². The lowest BCUT2D eigenvalue weighted by atomic mass is 9.40. The minimum atomic E-state index is -0.0464. The number of likely N-dealkylation sites (N-methyl/N-ethyl adjacent to an activating group) is 1. The zero-order chi connectivity index (χ0) is 14.6. The molecule has 4 saturated carbocycles. The fourth-order valence-electron chi connectivity index (χ4n) is 6.28. The zero-order valence-electron chi connectivity index (χ0n) is 13.6. The number of hydrogen-bond acceptors (Lipinski definition) is 2. The highest BCUT2D eigenvalue weighted by Gasteiger charge is 2.62. The van der Waals surface area contributed by atoms with Gasteiger partial charge in [-0.2, -0.15) is 0 Å². The van der Waals surface area contributed by atoms with Crippen molar-refractivity contribution in [2.24, 2.45) is 22.2 Å². The molecule has 4 fully saturated rings. The second-order valence-electron chi connectivity index (χ2n) is 8.97. The normalized spacial score (nSPS) is 46.0. The van der Waals surface area contributed by atoms with Gasteiger partial charge in [-0.25, -0.2) is 0 Å². The van der Waals surface area contributed by atoms with Crippen molar-refractivity contribution in [2.45, 2.75) is 52.4 Å². The number of rotatable bonds is 4. The average molecular weight is 278 g/mol. The van der Waals surface area contributed by atoms with E-state index in [1.54, 1.807) is 0 Å². The molecule has 4 bridgehead atoms. The van der Waals surface area contributed by atoms with Crippen LogP contribution in [-0.4, -0.2) is 38.0 Å². The molecule has 0 aromatic rings. The van der Waals surface area contributed by atoms with Crippen LogP contribution in [0.25, 0.3) is 0 Å². The number of nitrogens with one attached hydrogen (secondary N) is 1.